The highest BCUT2D eigenvalue weighted by Gasteiger charge is 2.17. The van der Waals surface area contributed by atoms with Crippen LogP contribution >= 0.6 is 0 Å². The summed E-state index contributed by atoms with van der Waals surface area (Å²) < 4.78 is 27.9. The van der Waals surface area contributed by atoms with Gasteiger partial charge in [-0.3, -0.25) is 9.52 Å². The maximum absolute atomic E-state index is 12.8. The molecule has 1 amide bonds. The fourth-order valence-corrected chi connectivity index (χ4v) is 4.22. The topological polar surface area (TPSA) is 75.3 Å². The highest BCUT2D eigenvalue weighted by molar-refractivity contribution is 7.92. The van der Waals surface area contributed by atoms with E-state index in [2.05, 4.69) is 16.1 Å². The summed E-state index contributed by atoms with van der Waals surface area (Å²) in [6.45, 7) is 7.81. The number of benzene rings is 3. The van der Waals surface area contributed by atoms with Crippen molar-refractivity contribution in [3.05, 3.63) is 94.5 Å². The molecular formula is C24H26N2O3S. The third-order valence-electron chi connectivity index (χ3n) is 5.18. The highest BCUT2D eigenvalue weighted by atomic mass is 32.2. The second kappa shape index (κ2) is 8.71. The Morgan fingerprint density at radius 3 is 2.17 bits per heavy atom. The second-order valence-corrected chi connectivity index (χ2v) is 9.17. The lowest BCUT2D eigenvalue weighted by Crippen LogP contribution is -2.27. The molecule has 2 N–H and O–H groups in total. The van der Waals surface area contributed by atoms with E-state index in [4.69, 9.17) is 0 Å². The van der Waals surface area contributed by atoms with Crippen LogP contribution in [0.1, 0.15) is 45.6 Å². The molecule has 3 aromatic carbocycles. The van der Waals surface area contributed by atoms with Gasteiger partial charge in [0.1, 0.15) is 0 Å². The summed E-state index contributed by atoms with van der Waals surface area (Å²) in [7, 11) is -3.73. The van der Waals surface area contributed by atoms with Gasteiger partial charge >= 0.3 is 0 Å². The number of nitrogens with one attached hydrogen (secondary N) is 2. The number of hydrogen-bond donors (Lipinski definition) is 2. The maximum Gasteiger partial charge on any atom is 0.261 e. The summed E-state index contributed by atoms with van der Waals surface area (Å²) >= 11 is 0. The first-order valence-corrected chi connectivity index (χ1v) is 11.2. The van der Waals surface area contributed by atoms with Crippen molar-refractivity contribution in [2.75, 3.05) is 4.72 Å². The summed E-state index contributed by atoms with van der Waals surface area (Å²) in [6, 6.07) is 19.1. The molecule has 30 heavy (non-hydrogen) atoms. The Labute approximate surface area is 178 Å². The van der Waals surface area contributed by atoms with Crippen LogP contribution in [0.5, 0.6) is 0 Å². The van der Waals surface area contributed by atoms with Gasteiger partial charge in [0.15, 0.2) is 0 Å². The molecular weight excluding hydrogens is 396 g/mol. The molecule has 156 valence electrons. The van der Waals surface area contributed by atoms with E-state index in [0.717, 1.165) is 11.1 Å². The Morgan fingerprint density at radius 1 is 0.833 bits per heavy atom. The van der Waals surface area contributed by atoms with E-state index in [1.54, 1.807) is 43.3 Å². The number of carbonyl (C=O) groups is 1. The third kappa shape index (κ3) is 4.89. The summed E-state index contributed by atoms with van der Waals surface area (Å²) in [5, 5.41) is 2.98. The Kier molecular flexibility index (Phi) is 6.27. The molecule has 0 bridgehead atoms. The van der Waals surface area contributed by atoms with E-state index < -0.39 is 10.0 Å². The van der Waals surface area contributed by atoms with Crippen LogP contribution in [0.15, 0.2) is 71.6 Å². The van der Waals surface area contributed by atoms with Crippen molar-refractivity contribution in [1.82, 2.24) is 5.32 Å². The molecule has 1 atom stereocenters. The van der Waals surface area contributed by atoms with Crippen molar-refractivity contribution >= 4 is 21.6 Å². The third-order valence-corrected chi connectivity index (χ3v) is 6.56. The molecule has 0 unspecified atom stereocenters. The minimum absolute atomic E-state index is 0.169. The van der Waals surface area contributed by atoms with E-state index in [0.29, 0.717) is 11.3 Å². The molecule has 0 aromatic heterocycles. The predicted molar refractivity (Wildman–Crippen MR) is 120 cm³/mol. The van der Waals surface area contributed by atoms with E-state index in [9.17, 15) is 13.2 Å². The van der Waals surface area contributed by atoms with Crippen LogP contribution in [0.2, 0.25) is 0 Å². The summed E-state index contributed by atoms with van der Waals surface area (Å²) in [6.07, 6.45) is 0. The number of anilines is 1. The van der Waals surface area contributed by atoms with E-state index in [1.807, 2.05) is 32.9 Å². The van der Waals surface area contributed by atoms with Crippen molar-refractivity contribution < 1.29 is 13.2 Å². The zero-order valence-corrected chi connectivity index (χ0v) is 18.4. The van der Waals surface area contributed by atoms with Gasteiger partial charge in [-0.25, -0.2) is 8.42 Å². The van der Waals surface area contributed by atoms with Gasteiger partial charge in [0.05, 0.1) is 16.6 Å². The van der Waals surface area contributed by atoms with Crippen LogP contribution in [0.25, 0.3) is 0 Å². The maximum atomic E-state index is 12.8. The quantitative estimate of drug-likeness (QED) is 0.593. The monoisotopic (exact) mass is 422 g/mol. The molecule has 3 aromatic rings. The van der Waals surface area contributed by atoms with Gasteiger partial charge < -0.3 is 5.32 Å². The molecule has 0 fully saturated rings. The summed E-state index contributed by atoms with van der Waals surface area (Å²) in [4.78, 5) is 13.0. The molecule has 0 saturated carbocycles. The number of sulfonamides is 1. The lowest BCUT2D eigenvalue weighted by molar-refractivity contribution is 0.0940. The minimum atomic E-state index is -3.73. The van der Waals surface area contributed by atoms with Gasteiger partial charge in [-0.05, 0) is 74.2 Å². The molecule has 0 aliphatic rings. The number of rotatable bonds is 6. The molecule has 0 spiro atoms. The smallest absolute Gasteiger partial charge is 0.261 e. The number of amides is 1. The Hall–Kier alpha value is -3.12. The summed E-state index contributed by atoms with van der Waals surface area (Å²) in [5.74, 6) is -0.263. The first-order valence-electron chi connectivity index (χ1n) is 9.74. The largest absolute Gasteiger partial charge is 0.346 e. The second-order valence-electron chi connectivity index (χ2n) is 7.49. The first-order chi connectivity index (χ1) is 14.2. The van der Waals surface area contributed by atoms with E-state index in [1.165, 1.54) is 23.3 Å². The molecule has 0 heterocycles. The fourth-order valence-electron chi connectivity index (χ4n) is 3.07. The van der Waals surface area contributed by atoms with Crippen molar-refractivity contribution in [2.45, 2.75) is 38.6 Å². The molecule has 3 rings (SSSR count). The average Bonchev–Trinajstić information content (AvgIpc) is 2.72. The van der Waals surface area contributed by atoms with Crippen molar-refractivity contribution in [3.63, 3.8) is 0 Å². The van der Waals surface area contributed by atoms with Crippen LogP contribution < -0.4 is 10.0 Å². The Balaban J connectivity index is 1.80. The van der Waals surface area contributed by atoms with Gasteiger partial charge in [-0.2, -0.15) is 0 Å². The minimum Gasteiger partial charge on any atom is -0.346 e. The van der Waals surface area contributed by atoms with Gasteiger partial charge in [-0.1, -0.05) is 42.5 Å². The van der Waals surface area contributed by atoms with E-state index >= 15 is 0 Å². The van der Waals surface area contributed by atoms with Crippen molar-refractivity contribution in [1.29, 1.82) is 0 Å². The standard InChI is InChI=1S/C24H26N2O3S/c1-16-10-12-20(14-18(16)3)19(4)25-24(27)21-13-11-17(2)23(15-21)26-30(28,29)22-8-6-5-7-9-22/h5-15,19,26H,1-4H3,(H,25,27)/t19-/m0/s1. The van der Waals surface area contributed by atoms with Crippen molar-refractivity contribution in [2.24, 2.45) is 0 Å². The van der Waals surface area contributed by atoms with Crippen LogP contribution in [-0.2, 0) is 10.0 Å². The van der Waals surface area contributed by atoms with Crippen LogP contribution in [-0.4, -0.2) is 14.3 Å². The van der Waals surface area contributed by atoms with Gasteiger partial charge in [0.25, 0.3) is 15.9 Å². The van der Waals surface area contributed by atoms with Crippen LogP contribution in [0.4, 0.5) is 5.69 Å². The number of aryl methyl sites for hydroxylation is 3. The summed E-state index contributed by atoms with van der Waals surface area (Å²) in [5.41, 5.74) is 4.89. The highest BCUT2D eigenvalue weighted by Crippen LogP contribution is 2.22. The Bertz CT molecular complexity index is 1170. The van der Waals surface area contributed by atoms with Gasteiger partial charge in [0, 0.05) is 5.56 Å². The zero-order valence-electron chi connectivity index (χ0n) is 17.6. The lowest BCUT2D eigenvalue weighted by Gasteiger charge is -2.17. The fraction of sp³-hybridized carbons (Fsp3) is 0.208. The number of carbonyl (C=O) groups excluding carboxylic acids is 1. The van der Waals surface area contributed by atoms with Gasteiger partial charge in [-0.15, -0.1) is 0 Å². The zero-order chi connectivity index (χ0) is 21.9. The van der Waals surface area contributed by atoms with Gasteiger partial charge in [0.2, 0.25) is 0 Å². The SMILES string of the molecule is Cc1ccc([C@H](C)NC(=O)c2ccc(C)c(NS(=O)(=O)c3ccccc3)c2)cc1C. The molecule has 0 aliphatic heterocycles. The molecule has 0 saturated heterocycles. The number of hydrogen-bond acceptors (Lipinski definition) is 3. The molecule has 0 aliphatic carbocycles. The molecule has 5 nitrogen and oxygen atoms in total. The van der Waals surface area contributed by atoms with Crippen LogP contribution in [0.3, 0.4) is 0 Å². The lowest BCUT2D eigenvalue weighted by atomic mass is 10.0. The predicted octanol–water partition coefficient (Wildman–Crippen LogP) is 4.90. The normalized spacial score (nSPS) is 12.3. The van der Waals surface area contributed by atoms with E-state index in [-0.39, 0.29) is 16.8 Å². The molecule has 0 radical (unpaired) electrons. The average molecular weight is 423 g/mol. The van der Waals surface area contributed by atoms with Crippen LogP contribution in [0, 0.1) is 20.8 Å². The first kappa shape index (κ1) is 21.6. The molecule has 6 heteroatoms. The Morgan fingerprint density at radius 2 is 1.50 bits per heavy atom. The van der Waals surface area contributed by atoms with Crippen molar-refractivity contribution in [3.8, 4) is 0 Å².